The van der Waals surface area contributed by atoms with Gasteiger partial charge < -0.3 is 15.0 Å². The number of anilines is 1. The van der Waals surface area contributed by atoms with Gasteiger partial charge in [-0.05, 0) is 25.6 Å². The van der Waals surface area contributed by atoms with Crippen molar-refractivity contribution in [1.29, 1.82) is 0 Å². The van der Waals surface area contributed by atoms with Crippen LogP contribution in [0.1, 0.15) is 6.42 Å². The Hall–Kier alpha value is -1.36. The zero-order valence-corrected chi connectivity index (χ0v) is 9.70. The molecule has 1 N–H and O–H groups in total. The van der Waals surface area contributed by atoms with E-state index in [1.165, 1.54) is 0 Å². The molecule has 94 valence electrons. The Morgan fingerprint density at radius 1 is 1.41 bits per heavy atom. The van der Waals surface area contributed by atoms with E-state index in [1.807, 2.05) is 19.2 Å². The van der Waals surface area contributed by atoms with E-state index in [-0.39, 0.29) is 5.75 Å². The van der Waals surface area contributed by atoms with Crippen LogP contribution in [-0.4, -0.2) is 32.8 Å². The van der Waals surface area contributed by atoms with Crippen LogP contribution >= 0.6 is 0 Å². The van der Waals surface area contributed by atoms with Gasteiger partial charge >= 0.3 is 6.61 Å². The van der Waals surface area contributed by atoms with Gasteiger partial charge in [0.25, 0.3) is 0 Å². The van der Waals surface area contributed by atoms with Crippen molar-refractivity contribution in [1.82, 2.24) is 5.32 Å². The fraction of sp³-hybridized carbons (Fsp3) is 0.500. The second-order valence-corrected chi connectivity index (χ2v) is 4.07. The van der Waals surface area contributed by atoms with Gasteiger partial charge in [0.15, 0.2) is 0 Å². The number of halogens is 2. The molecule has 1 atom stereocenters. The fourth-order valence-corrected chi connectivity index (χ4v) is 2.13. The van der Waals surface area contributed by atoms with Gasteiger partial charge in [-0.25, -0.2) is 0 Å². The number of para-hydroxylation sites is 2. The third kappa shape index (κ3) is 2.85. The largest absolute Gasteiger partial charge is 0.433 e. The highest BCUT2D eigenvalue weighted by atomic mass is 19.3. The van der Waals surface area contributed by atoms with Crippen LogP contribution in [0.4, 0.5) is 14.5 Å². The van der Waals surface area contributed by atoms with E-state index in [1.54, 1.807) is 12.1 Å². The number of likely N-dealkylation sites (N-methyl/N-ethyl adjacent to an activating group) is 1. The Morgan fingerprint density at radius 3 is 2.82 bits per heavy atom. The molecular weight excluding hydrogens is 226 g/mol. The minimum Gasteiger partial charge on any atom is -0.433 e. The maximum absolute atomic E-state index is 12.3. The normalized spacial score (nSPS) is 20.0. The van der Waals surface area contributed by atoms with Crippen LogP contribution in [-0.2, 0) is 0 Å². The van der Waals surface area contributed by atoms with Crippen molar-refractivity contribution >= 4 is 5.69 Å². The molecule has 0 radical (unpaired) electrons. The van der Waals surface area contributed by atoms with Crippen LogP contribution in [0.2, 0.25) is 0 Å². The molecule has 1 heterocycles. The Bertz CT molecular complexity index is 373. The SMILES string of the molecule is CNC1CCN(c2ccccc2OC(F)F)C1. The molecule has 5 heteroatoms. The van der Waals surface area contributed by atoms with Crippen LogP contribution in [0.5, 0.6) is 5.75 Å². The molecular formula is C12H16F2N2O. The van der Waals surface area contributed by atoms with Crippen LogP contribution in [0, 0.1) is 0 Å². The van der Waals surface area contributed by atoms with E-state index in [0.29, 0.717) is 6.04 Å². The summed E-state index contributed by atoms with van der Waals surface area (Å²) in [7, 11) is 1.91. The number of nitrogens with one attached hydrogen (secondary N) is 1. The summed E-state index contributed by atoms with van der Waals surface area (Å²) < 4.78 is 29.1. The summed E-state index contributed by atoms with van der Waals surface area (Å²) in [6.07, 6.45) is 1.01. The first-order valence-electron chi connectivity index (χ1n) is 5.66. The van der Waals surface area contributed by atoms with E-state index in [0.717, 1.165) is 25.2 Å². The molecule has 17 heavy (non-hydrogen) atoms. The zero-order valence-electron chi connectivity index (χ0n) is 9.70. The lowest BCUT2D eigenvalue weighted by atomic mass is 10.2. The Kier molecular flexibility index (Phi) is 3.78. The van der Waals surface area contributed by atoms with Crippen molar-refractivity contribution < 1.29 is 13.5 Å². The minimum absolute atomic E-state index is 0.249. The third-order valence-electron chi connectivity index (χ3n) is 3.02. The molecule has 0 aliphatic carbocycles. The van der Waals surface area contributed by atoms with Crippen molar-refractivity contribution in [2.75, 3.05) is 25.0 Å². The van der Waals surface area contributed by atoms with Gasteiger partial charge in [-0.2, -0.15) is 8.78 Å². The van der Waals surface area contributed by atoms with Crippen molar-refractivity contribution in [3.63, 3.8) is 0 Å². The van der Waals surface area contributed by atoms with E-state index < -0.39 is 6.61 Å². The van der Waals surface area contributed by atoms with E-state index in [9.17, 15) is 8.78 Å². The Morgan fingerprint density at radius 2 is 2.18 bits per heavy atom. The van der Waals surface area contributed by atoms with Crippen molar-refractivity contribution in [2.24, 2.45) is 0 Å². The molecule has 0 aromatic heterocycles. The van der Waals surface area contributed by atoms with Crippen molar-refractivity contribution in [3.8, 4) is 5.75 Å². The third-order valence-corrected chi connectivity index (χ3v) is 3.02. The number of rotatable bonds is 4. The van der Waals surface area contributed by atoms with E-state index >= 15 is 0 Å². The Labute approximate surface area is 99.4 Å². The summed E-state index contributed by atoms with van der Waals surface area (Å²) in [6.45, 7) is -1.10. The van der Waals surface area contributed by atoms with Crippen LogP contribution in [0.15, 0.2) is 24.3 Å². The number of hydrogen-bond acceptors (Lipinski definition) is 3. The predicted octanol–water partition coefficient (Wildman–Crippen LogP) is 2.09. The molecule has 1 aliphatic heterocycles. The molecule has 3 nitrogen and oxygen atoms in total. The lowest BCUT2D eigenvalue weighted by Gasteiger charge is -2.21. The van der Waals surface area contributed by atoms with Crippen molar-refractivity contribution in [3.05, 3.63) is 24.3 Å². The molecule has 1 aromatic rings. The summed E-state index contributed by atoms with van der Waals surface area (Å²) in [5.74, 6) is 0.249. The molecule has 1 fully saturated rings. The summed E-state index contributed by atoms with van der Waals surface area (Å²) >= 11 is 0. The van der Waals surface area contributed by atoms with Gasteiger partial charge in [0, 0.05) is 19.1 Å². The second-order valence-electron chi connectivity index (χ2n) is 4.07. The first kappa shape index (κ1) is 12.1. The monoisotopic (exact) mass is 242 g/mol. The van der Waals surface area contributed by atoms with Gasteiger partial charge in [0.2, 0.25) is 0 Å². The number of benzene rings is 1. The van der Waals surface area contributed by atoms with Crippen LogP contribution < -0.4 is 15.0 Å². The highest BCUT2D eigenvalue weighted by molar-refractivity contribution is 5.59. The summed E-state index contributed by atoms with van der Waals surface area (Å²) in [5.41, 5.74) is 0.741. The quantitative estimate of drug-likeness (QED) is 0.875. The van der Waals surface area contributed by atoms with Gasteiger partial charge in [-0.1, -0.05) is 12.1 Å². The number of hydrogen-bond donors (Lipinski definition) is 1. The number of ether oxygens (including phenoxy) is 1. The standard InChI is InChI=1S/C12H16F2N2O/c1-15-9-6-7-16(8-9)10-4-2-3-5-11(10)17-12(13)14/h2-5,9,12,15H,6-8H2,1H3. The molecule has 1 unspecified atom stereocenters. The second kappa shape index (κ2) is 5.31. The van der Waals surface area contributed by atoms with Crippen molar-refractivity contribution in [2.45, 2.75) is 19.1 Å². The molecule has 1 aliphatic rings. The molecule has 1 saturated heterocycles. The van der Waals surface area contributed by atoms with Gasteiger partial charge in [0.1, 0.15) is 5.75 Å². The van der Waals surface area contributed by atoms with E-state index in [2.05, 4.69) is 15.0 Å². The zero-order chi connectivity index (χ0) is 12.3. The van der Waals surface area contributed by atoms with Gasteiger partial charge in [-0.15, -0.1) is 0 Å². The first-order chi connectivity index (χ1) is 8.20. The average molecular weight is 242 g/mol. The minimum atomic E-state index is -2.78. The lowest BCUT2D eigenvalue weighted by Crippen LogP contribution is -2.29. The van der Waals surface area contributed by atoms with Gasteiger partial charge in [0.05, 0.1) is 5.69 Å². The molecule has 1 aromatic carbocycles. The Balaban J connectivity index is 2.14. The molecule has 0 bridgehead atoms. The summed E-state index contributed by atoms with van der Waals surface area (Å²) in [6, 6.07) is 7.34. The maximum atomic E-state index is 12.3. The average Bonchev–Trinajstić information content (AvgIpc) is 2.77. The highest BCUT2D eigenvalue weighted by Gasteiger charge is 2.23. The smallest absolute Gasteiger partial charge is 0.387 e. The van der Waals surface area contributed by atoms with Gasteiger partial charge in [-0.3, -0.25) is 0 Å². The molecule has 0 spiro atoms. The molecule has 0 amide bonds. The number of alkyl halides is 2. The van der Waals surface area contributed by atoms with Crippen LogP contribution in [0.3, 0.4) is 0 Å². The van der Waals surface area contributed by atoms with Crippen LogP contribution in [0.25, 0.3) is 0 Å². The first-order valence-corrected chi connectivity index (χ1v) is 5.66. The molecule has 0 saturated carbocycles. The predicted molar refractivity (Wildman–Crippen MR) is 62.8 cm³/mol. The number of nitrogens with zero attached hydrogens (tertiary/aromatic N) is 1. The maximum Gasteiger partial charge on any atom is 0.387 e. The fourth-order valence-electron chi connectivity index (χ4n) is 2.13. The van der Waals surface area contributed by atoms with E-state index in [4.69, 9.17) is 0 Å². The molecule has 2 rings (SSSR count). The lowest BCUT2D eigenvalue weighted by molar-refractivity contribution is -0.0495. The summed E-state index contributed by atoms with van der Waals surface area (Å²) in [5, 5.41) is 3.19. The summed E-state index contributed by atoms with van der Waals surface area (Å²) in [4.78, 5) is 2.07. The topological polar surface area (TPSA) is 24.5 Å². The highest BCUT2D eigenvalue weighted by Crippen LogP contribution is 2.31.